The summed E-state index contributed by atoms with van der Waals surface area (Å²) >= 11 is 1.65. The largest absolute Gasteiger partial charge is 0.346 e. The van der Waals surface area contributed by atoms with Crippen LogP contribution in [0.15, 0.2) is 29.7 Å². The normalized spacial score (nSPS) is 17.8. The van der Waals surface area contributed by atoms with Crippen molar-refractivity contribution in [2.45, 2.75) is 33.1 Å². The maximum absolute atomic E-state index is 12.7. The molecule has 2 aliphatic heterocycles. The van der Waals surface area contributed by atoms with Gasteiger partial charge in [0.1, 0.15) is 17.8 Å². The van der Waals surface area contributed by atoms with Crippen LogP contribution in [-0.2, 0) is 4.79 Å². The lowest BCUT2D eigenvalue weighted by Gasteiger charge is -2.30. The van der Waals surface area contributed by atoms with Crippen LogP contribution < -0.4 is 4.90 Å². The van der Waals surface area contributed by atoms with E-state index < -0.39 is 0 Å². The second-order valence-electron chi connectivity index (χ2n) is 5.83. The van der Waals surface area contributed by atoms with Crippen molar-refractivity contribution in [1.29, 1.82) is 0 Å². The summed E-state index contributed by atoms with van der Waals surface area (Å²) in [6.45, 7) is 6.61. The first-order chi connectivity index (χ1) is 12.3. The zero-order chi connectivity index (χ0) is 17.6. The van der Waals surface area contributed by atoms with Gasteiger partial charge in [0.15, 0.2) is 0 Å². The minimum absolute atomic E-state index is 0.166. The Kier molecular flexibility index (Phi) is 5.96. The Morgan fingerprint density at radius 3 is 2.76 bits per heavy atom. The maximum atomic E-state index is 12.7. The summed E-state index contributed by atoms with van der Waals surface area (Å²) < 4.78 is 0. The molecule has 134 valence electrons. The molecule has 2 aromatic heterocycles. The summed E-state index contributed by atoms with van der Waals surface area (Å²) in [5, 5.41) is 0.987. The number of hydrogen-bond acceptors (Lipinski definition) is 5. The number of thioether (sulfide) groups is 1. The molecular weight excluding hydrogens is 334 g/mol. The predicted molar refractivity (Wildman–Crippen MR) is 104 cm³/mol. The standard InChI is InChI=1S/C16H19N5OS.C2H6/c22-16(20-6-2-1-3-7-20)13-10-21(8-9-23-13)15-12-4-5-17-14(12)18-11-19-15;1-2/h4-5,10-11H,1-3,6-9H2,(H,17,18,19);1-2H3. The number of carbonyl (C=O) groups is 1. The Bertz CT molecular complexity index is 751. The lowest BCUT2D eigenvalue weighted by molar-refractivity contribution is -0.127. The molecule has 1 saturated heterocycles. The highest BCUT2D eigenvalue weighted by molar-refractivity contribution is 8.04. The van der Waals surface area contributed by atoms with Gasteiger partial charge >= 0.3 is 0 Å². The Morgan fingerprint density at radius 2 is 1.96 bits per heavy atom. The number of hydrogen-bond donors (Lipinski definition) is 1. The summed E-state index contributed by atoms with van der Waals surface area (Å²) in [5.41, 5.74) is 0.825. The van der Waals surface area contributed by atoms with Crippen molar-refractivity contribution in [3.05, 3.63) is 29.7 Å². The molecule has 25 heavy (non-hydrogen) atoms. The van der Waals surface area contributed by atoms with Gasteiger partial charge in [-0.3, -0.25) is 4.79 Å². The third kappa shape index (κ3) is 3.81. The molecule has 0 unspecified atom stereocenters. The first kappa shape index (κ1) is 17.8. The number of amides is 1. The Balaban J connectivity index is 0.000000880. The van der Waals surface area contributed by atoms with Gasteiger partial charge in [-0.15, -0.1) is 11.8 Å². The molecule has 0 bridgehead atoms. The Morgan fingerprint density at radius 1 is 1.16 bits per heavy atom. The van der Waals surface area contributed by atoms with E-state index >= 15 is 0 Å². The number of fused-ring (bicyclic) bond motifs is 1. The lowest BCUT2D eigenvalue weighted by atomic mass is 10.1. The number of rotatable bonds is 2. The van der Waals surface area contributed by atoms with Crippen molar-refractivity contribution in [2.75, 3.05) is 30.3 Å². The molecular formula is C18H25N5OS. The molecule has 4 heterocycles. The second-order valence-corrected chi connectivity index (χ2v) is 6.96. The summed E-state index contributed by atoms with van der Waals surface area (Å²) in [6.07, 6.45) is 8.85. The first-order valence-corrected chi connectivity index (χ1v) is 10.00. The van der Waals surface area contributed by atoms with Crippen LogP contribution >= 0.6 is 11.8 Å². The highest BCUT2D eigenvalue weighted by atomic mass is 32.2. The van der Waals surface area contributed by atoms with Crippen LogP contribution in [0, 0.1) is 0 Å². The predicted octanol–water partition coefficient (Wildman–Crippen LogP) is 3.39. The third-order valence-electron chi connectivity index (χ3n) is 4.32. The van der Waals surface area contributed by atoms with E-state index in [4.69, 9.17) is 0 Å². The second kappa shape index (κ2) is 8.38. The number of H-pyrrole nitrogens is 1. The number of aromatic nitrogens is 3. The number of nitrogens with zero attached hydrogens (tertiary/aromatic N) is 4. The zero-order valence-corrected chi connectivity index (χ0v) is 15.7. The summed E-state index contributed by atoms with van der Waals surface area (Å²) in [5.74, 6) is 1.92. The number of piperidine rings is 1. The molecule has 0 atom stereocenters. The molecule has 4 rings (SSSR count). The van der Waals surface area contributed by atoms with Crippen molar-refractivity contribution < 1.29 is 4.79 Å². The highest BCUT2D eigenvalue weighted by Crippen LogP contribution is 2.30. The van der Waals surface area contributed by atoms with Crippen LogP contribution in [0.3, 0.4) is 0 Å². The monoisotopic (exact) mass is 359 g/mol. The molecule has 2 aliphatic rings. The molecule has 0 spiro atoms. The van der Waals surface area contributed by atoms with Crippen molar-refractivity contribution in [1.82, 2.24) is 19.9 Å². The van der Waals surface area contributed by atoms with Crippen LogP contribution in [0.5, 0.6) is 0 Å². The molecule has 6 nitrogen and oxygen atoms in total. The van der Waals surface area contributed by atoms with Gasteiger partial charge in [0.2, 0.25) is 0 Å². The van der Waals surface area contributed by atoms with Gasteiger partial charge in [0.25, 0.3) is 5.91 Å². The van der Waals surface area contributed by atoms with Gasteiger partial charge in [0.05, 0.1) is 10.3 Å². The fourth-order valence-electron chi connectivity index (χ4n) is 3.12. The summed E-state index contributed by atoms with van der Waals surface area (Å²) in [7, 11) is 0. The molecule has 2 aromatic rings. The average Bonchev–Trinajstić information content (AvgIpc) is 3.18. The highest BCUT2D eigenvalue weighted by Gasteiger charge is 2.25. The van der Waals surface area contributed by atoms with Crippen molar-refractivity contribution in [2.24, 2.45) is 0 Å². The molecule has 1 fully saturated rings. The number of anilines is 1. The van der Waals surface area contributed by atoms with Gasteiger partial charge in [-0.05, 0) is 25.3 Å². The molecule has 0 saturated carbocycles. The van der Waals surface area contributed by atoms with Gasteiger partial charge < -0.3 is 14.8 Å². The van der Waals surface area contributed by atoms with Crippen LogP contribution in [0.1, 0.15) is 33.1 Å². The van der Waals surface area contributed by atoms with E-state index in [1.807, 2.05) is 37.2 Å². The number of carbonyl (C=O) groups excluding carboxylic acids is 1. The van der Waals surface area contributed by atoms with Crippen molar-refractivity contribution >= 4 is 34.5 Å². The summed E-state index contributed by atoms with van der Waals surface area (Å²) in [6, 6.07) is 1.98. The zero-order valence-electron chi connectivity index (χ0n) is 14.9. The van der Waals surface area contributed by atoms with E-state index in [1.54, 1.807) is 18.1 Å². The topological polar surface area (TPSA) is 65.1 Å². The molecule has 0 aliphatic carbocycles. The van der Waals surface area contributed by atoms with Crippen LogP contribution in [0.2, 0.25) is 0 Å². The van der Waals surface area contributed by atoms with Gasteiger partial charge in [-0.25, -0.2) is 9.97 Å². The minimum atomic E-state index is 0.166. The van der Waals surface area contributed by atoms with Crippen LogP contribution in [-0.4, -0.2) is 51.1 Å². The van der Waals surface area contributed by atoms with E-state index in [0.717, 1.165) is 60.0 Å². The molecule has 1 amide bonds. The summed E-state index contributed by atoms with van der Waals surface area (Å²) in [4.78, 5) is 29.4. The molecule has 0 radical (unpaired) electrons. The van der Waals surface area contributed by atoms with E-state index in [0.29, 0.717) is 0 Å². The molecule has 0 aromatic carbocycles. The quantitative estimate of drug-likeness (QED) is 0.890. The average molecular weight is 359 g/mol. The van der Waals surface area contributed by atoms with E-state index in [-0.39, 0.29) is 5.91 Å². The van der Waals surface area contributed by atoms with Crippen LogP contribution in [0.25, 0.3) is 11.0 Å². The Hall–Kier alpha value is -2.02. The van der Waals surface area contributed by atoms with E-state index in [1.165, 1.54) is 6.42 Å². The van der Waals surface area contributed by atoms with Gasteiger partial charge in [-0.1, -0.05) is 13.8 Å². The fraction of sp³-hybridized carbons (Fsp3) is 0.500. The molecule has 1 N–H and O–H groups in total. The number of aromatic amines is 1. The van der Waals surface area contributed by atoms with Gasteiger partial charge in [0, 0.05) is 37.8 Å². The van der Waals surface area contributed by atoms with E-state index in [9.17, 15) is 4.79 Å². The van der Waals surface area contributed by atoms with Gasteiger partial charge in [-0.2, -0.15) is 0 Å². The fourth-order valence-corrected chi connectivity index (χ4v) is 4.08. The van der Waals surface area contributed by atoms with Crippen LogP contribution in [0.4, 0.5) is 5.82 Å². The van der Waals surface area contributed by atoms with Crippen molar-refractivity contribution in [3.63, 3.8) is 0 Å². The smallest absolute Gasteiger partial charge is 0.261 e. The number of nitrogens with one attached hydrogen (secondary N) is 1. The first-order valence-electron chi connectivity index (χ1n) is 9.01. The Labute approximate surface area is 152 Å². The SMILES string of the molecule is CC.O=C(C1=CN(c2ncnc3[nH]ccc23)CCS1)N1CCCCC1. The van der Waals surface area contributed by atoms with Crippen molar-refractivity contribution in [3.8, 4) is 0 Å². The third-order valence-corrected chi connectivity index (χ3v) is 5.30. The number of likely N-dealkylation sites (tertiary alicyclic amines) is 1. The minimum Gasteiger partial charge on any atom is -0.346 e. The van der Waals surface area contributed by atoms with E-state index in [2.05, 4.69) is 19.9 Å². The lowest BCUT2D eigenvalue weighted by Crippen LogP contribution is -2.38. The molecule has 7 heteroatoms. The maximum Gasteiger partial charge on any atom is 0.261 e.